The van der Waals surface area contributed by atoms with Crippen molar-refractivity contribution >= 4 is 17.3 Å². The van der Waals surface area contributed by atoms with Crippen LogP contribution in [0.1, 0.15) is 52.3 Å². The number of carboxylic acids is 1. The van der Waals surface area contributed by atoms with Crippen LogP contribution in [-0.2, 0) is 11.8 Å². The Morgan fingerprint density at radius 3 is 2.57 bits per heavy atom. The summed E-state index contributed by atoms with van der Waals surface area (Å²) in [7, 11) is 0. The molecule has 0 bridgehead atoms. The molecular formula is C18H23NO3S. The van der Waals surface area contributed by atoms with E-state index in [4.69, 9.17) is 9.84 Å². The van der Waals surface area contributed by atoms with E-state index in [1.54, 1.807) is 6.92 Å². The standard InChI is InChI=1S/C18H23NO3S/c1-11-6-7-14(13(10-11)18(3,4)5)22-9-8-15-19-12(2)16(23-15)17(20)21/h6-7,10H,8-9H2,1-5H3,(H,20,21). The van der Waals surface area contributed by atoms with E-state index in [2.05, 4.69) is 38.7 Å². The first-order valence-electron chi connectivity index (χ1n) is 7.62. The fourth-order valence-electron chi connectivity index (χ4n) is 2.36. The van der Waals surface area contributed by atoms with Crippen molar-refractivity contribution in [2.45, 2.75) is 46.5 Å². The molecular weight excluding hydrogens is 310 g/mol. The highest BCUT2D eigenvalue weighted by Gasteiger charge is 2.19. The lowest BCUT2D eigenvalue weighted by Crippen LogP contribution is -2.14. The van der Waals surface area contributed by atoms with E-state index in [1.807, 2.05) is 12.1 Å². The lowest BCUT2D eigenvalue weighted by molar-refractivity contribution is 0.0701. The summed E-state index contributed by atoms with van der Waals surface area (Å²) in [5.41, 5.74) is 2.97. The molecule has 1 N–H and O–H groups in total. The van der Waals surface area contributed by atoms with Gasteiger partial charge in [-0.2, -0.15) is 0 Å². The van der Waals surface area contributed by atoms with Crippen molar-refractivity contribution in [3.8, 4) is 5.75 Å². The molecule has 1 aromatic heterocycles. The third-order valence-electron chi connectivity index (χ3n) is 3.55. The molecule has 23 heavy (non-hydrogen) atoms. The summed E-state index contributed by atoms with van der Waals surface area (Å²) in [6, 6.07) is 6.21. The van der Waals surface area contributed by atoms with Gasteiger partial charge < -0.3 is 9.84 Å². The fourth-order valence-corrected chi connectivity index (χ4v) is 3.25. The third kappa shape index (κ3) is 4.32. The number of nitrogens with zero attached hydrogens (tertiary/aromatic N) is 1. The van der Waals surface area contributed by atoms with Crippen LogP contribution < -0.4 is 4.74 Å². The Balaban J connectivity index is 2.07. The van der Waals surface area contributed by atoms with Gasteiger partial charge in [-0.15, -0.1) is 11.3 Å². The number of hydrogen-bond donors (Lipinski definition) is 1. The number of ether oxygens (including phenoxy) is 1. The van der Waals surface area contributed by atoms with Gasteiger partial charge in [0.2, 0.25) is 0 Å². The Hall–Kier alpha value is -1.88. The van der Waals surface area contributed by atoms with E-state index in [1.165, 1.54) is 22.5 Å². The van der Waals surface area contributed by atoms with Crippen LogP contribution in [0.4, 0.5) is 0 Å². The van der Waals surface area contributed by atoms with Gasteiger partial charge in [0.15, 0.2) is 0 Å². The molecule has 0 radical (unpaired) electrons. The predicted octanol–water partition coefficient (Wildman–Crippen LogP) is 4.38. The van der Waals surface area contributed by atoms with Gasteiger partial charge in [0.05, 0.1) is 17.3 Å². The van der Waals surface area contributed by atoms with Gasteiger partial charge in [0.25, 0.3) is 0 Å². The molecule has 5 heteroatoms. The SMILES string of the molecule is Cc1ccc(OCCc2nc(C)c(C(=O)O)s2)c(C(C)(C)C)c1. The molecule has 0 saturated carbocycles. The van der Waals surface area contributed by atoms with Gasteiger partial charge in [-0.1, -0.05) is 38.5 Å². The van der Waals surface area contributed by atoms with Gasteiger partial charge in [-0.3, -0.25) is 0 Å². The Kier molecular flexibility index (Phi) is 5.09. The number of benzene rings is 1. The first-order chi connectivity index (χ1) is 10.7. The summed E-state index contributed by atoms with van der Waals surface area (Å²) in [5.74, 6) is -0.0319. The topological polar surface area (TPSA) is 59.4 Å². The van der Waals surface area contributed by atoms with E-state index in [0.29, 0.717) is 23.6 Å². The highest BCUT2D eigenvalue weighted by atomic mass is 32.1. The van der Waals surface area contributed by atoms with Gasteiger partial charge in [0, 0.05) is 6.42 Å². The molecule has 0 aliphatic rings. The van der Waals surface area contributed by atoms with E-state index in [9.17, 15) is 4.79 Å². The highest BCUT2D eigenvalue weighted by molar-refractivity contribution is 7.13. The van der Waals surface area contributed by atoms with Crippen LogP contribution in [0.25, 0.3) is 0 Å². The maximum absolute atomic E-state index is 11.1. The van der Waals surface area contributed by atoms with E-state index in [-0.39, 0.29) is 5.41 Å². The number of carboxylic acid groups (broad SMARTS) is 1. The lowest BCUT2D eigenvalue weighted by Gasteiger charge is -2.23. The molecule has 0 atom stereocenters. The molecule has 0 aliphatic carbocycles. The average molecular weight is 333 g/mol. The summed E-state index contributed by atoms with van der Waals surface area (Å²) < 4.78 is 5.95. The summed E-state index contributed by atoms with van der Waals surface area (Å²) in [4.78, 5) is 15.7. The van der Waals surface area contributed by atoms with Crippen molar-refractivity contribution in [2.24, 2.45) is 0 Å². The fraction of sp³-hybridized carbons (Fsp3) is 0.444. The maximum atomic E-state index is 11.1. The second kappa shape index (κ2) is 6.71. The number of hydrogen-bond acceptors (Lipinski definition) is 4. The summed E-state index contributed by atoms with van der Waals surface area (Å²) in [6.45, 7) is 10.8. The number of rotatable bonds is 5. The Morgan fingerprint density at radius 1 is 1.30 bits per heavy atom. The van der Waals surface area contributed by atoms with Crippen LogP contribution in [0.3, 0.4) is 0 Å². The molecule has 2 aromatic rings. The minimum absolute atomic E-state index is 0.00952. The zero-order valence-electron chi connectivity index (χ0n) is 14.3. The van der Waals surface area contributed by atoms with E-state index in [0.717, 1.165) is 10.8 Å². The molecule has 2 rings (SSSR count). The molecule has 1 heterocycles. The second-order valence-electron chi connectivity index (χ2n) is 6.68. The Labute approximate surface area is 141 Å². The van der Waals surface area contributed by atoms with Crippen LogP contribution in [0, 0.1) is 13.8 Å². The van der Waals surface area contributed by atoms with Crippen LogP contribution in [-0.4, -0.2) is 22.7 Å². The molecule has 0 amide bonds. The zero-order chi connectivity index (χ0) is 17.2. The van der Waals surface area contributed by atoms with Gasteiger partial charge in [-0.05, 0) is 30.9 Å². The van der Waals surface area contributed by atoms with Crippen LogP contribution in [0.5, 0.6) is 5.75 Å². The van der Waals surface area contributed by atoms with Gasteiger partial charge >= 0.3 is 5.97 Å². The predicted molar refractivity (Wildman–Crippen MR) is 92.9 cm³/mol. The molecule has 4 nitrogen and oxygen atoms in total. The average Bonchev–Trinajstić information content (AvgIpc) is 2.80. The van der Waals surface area contributed by atoms with Gasteiger partial charge in [0.1, 0.15) is 10.6 Å². The number of aromatic carboxylic acids is 1. The minimum atomic E-state index is -0.916. The number of carbonyl (C=O) groups is 1. The van der Waals surface area contributed by atoms with E-state index >= 15 is 0 Å². The summed E-state index contributed by atoms with van der Waals surface area (Å²) in [6.07, 6.45) is 0.607. The number of aromatic nitrogens is 1. The van der Waals surface area contributed by atoms with Crippen molar-refractivity contribution < 1.29 is 14.6 Å². The van der Waals surface area contributed by atoms with Crippen molar-refractivity contribution in [3.63, 3.8) is 0 Å². The van der Waals surface area contributed by atoms with Crippen LogP contribution in [0.15, 0.2) is 18.2 Å². The number of aryl methyl sites for hydroxylation is 2. The molecule has 1 aromatic carbocycles. The highest BCUT2D eigenvalue weighted by Crippen LogP contribution is 2.32. The van der Waals surface area contributed by atoms with Gasteiger partial charge in [-0.25, -0.2) is 9.78 Å². The molecule has 0 saturated heterocycles. The summed E-state index contributed by atoms with van der Waals surface area (Å²) >= 11 is 1.22. The van der Waals surface area contributed by atoms with Crippen molar-refractivity contribution in [3.05, 3.63) is 44.9 Å². The Morgan fingerprint density at radius 2 is 2.00 bits per heavy atom. The second-order valence-corrected chi connectivity index (χ2v) is 7.76. The normalized spacial score (nSPS) is 11.5. The third-order valence-corrected chi connectivity index (χ3v) is 4.76. The molecule has 0 aliphatic heterocycles. The lowest BCUT2D eigenvalue weighted by atomic mass is 9.85. The minimum Gasteiger partial charge on any atom is -0.493 e. The van der Waals surface area contributed by atoms with Crippen LogP contribution >= 0.6 is 11.3 Å². The number of thiazole rings is 1. The Bertz CT molecular complexity index is 714. The van der Waals surface area contributed by atoms with Crippen LogP contribution in [0.2, 0.25) is 0 Å². The summed E-state index contributed by atoms with van der Waals surface area (Å²) in [5, 5.41) is 9.87. The maximum Gasteiger partial charge on any atom is 0.347 e. The monoisotopic (exact) mass is 333 g/mol. The first kappa shape index (κ1) is 17.5. The van der Waals surface area contributed by atoms with E-state index < -0.39 is 5.97 Å². The molecule has 0 fully saturated rings. The smallest absolute Gasteiger partial charge is 0.347 e. The molecule has 0 unspecified atom stereocenters. The zero-order valence-corrected chi connectivity index (χ0v) is 15.1. The quantitative estimate of drug-likeness (QED) is 0.882. The van der Waals surface area contributed by atoms with Crippen molar-refractivity contribution in [1.29, 1.82) is 0 Å². The van der Waals surface area contributed by atoms with Crippen molar-refractivity contribution in [2.75, 3.05) is 6.61 Å². The molecule has 0 spiro atoms. The first-order valence-corrected chi connectivity index (χ1v) is 8.43. The largest absolute Gasteiger partial charge is 0.493 e. The van der Waals surface area contributed by atoms with Crippen molar-refractivity contribution in [1.82, 2.24) is 4.98 Å². The molecule has 124 valence electrons.